The van der Waals surface area contributed by atoms with Crippen molar-refractivity contribution in [3.63, 3.8) is 0 Å². The molecule has 0 aliphatic carbocycles. The molecule has 0 amide bonds. The van der Waals surface area contributed by atoms with Crippen LogP contribution in [0.4, 0.5) is 5.69 Å². The van der Waals surface area contributed by atoms with Crippen LogP contribution in [0.25, 0.3) is 27.4 Å². The quantitative estimate of drug-likeness (QED) is 0.391. The van der Waals surface area contributed by atoms with Gasteiger partial charge in [-0.25, -0.2) is 0 Å². The number of aryl methyl sites for hydroxylation is 1. The largest absolute Gasteiger partial charge is 0.411 e. The second kappa shape index (κ2) is 10.2. The number of benzene rings is 2. The van der Waals surface area contributed by atoms with Crippen LogP contribution in [0.1, 0.15) is 17.7 Å². The highest BCUT2D eigenvalue weighted by Crippen LogP contribution is 2.41. The zero-order chi connectivity index (χ0) is 26.1. The Morgan fingerprint density at radius 2 is 1.68 bits per heavy atom. The lowest BCUT2D eigenvalue weighted by atomic mass is 9.78. The van der Waals surface area contributed by atoms with Crippen LogP contribution in [0.15, 0.2) is 60.8 Å². The fraction of sp³-hybridized carbons (Fsp3) is 0.310. The predicted octanol–water partition coefficient (Wildman–Crippen LogP) is 3.92. The summed E-state index contributed by atoms with van der Waals surface area (Å²) >= 11 is 0. The lowest BCUT2D eigenvalue weighted by molar-refractivity contribution is -0.127. The summed E-state index contributed by atoms with van der Waals surface area (Å²) in [6.07, 6.45) is 4.76. The maximum atomic E-state index is 5.35. The Morgan fingerprint density at radius 1 is 0.895 bits per heavy atom. The second-order valence-corrected chi connectivity index (χ2v) is 10.1. The van der Waals surface area contributed by atoms with Gasteiger partial charge in [-0.15, -0.1) is 0 Å². The molecular weight excluding hydrogens is 482 g/mol. The minimum absolute atomic E-state index is 0.414. The molecule has 38 heavy (non-hydrogen) atoms. The Hall–Kier alpha value is -3.76. The van der Waals surface area contributed by atoms with Gasteiger partial charge in [-0.3, -0.25) is 9.97 Å². The Balaban J connectivity index is 0.000000139. The molecule has 0 unspecified atom stereocenters. The highest BCUT2D eigenvalue weighted by atomic mass is 16.6. The Bertz CT molecular complexity index is 1510. The third-order valence-electron chi connectivity index (χ3n) is 7.41. The number of hydrogen-bond donors (Lipinski definition) is 2. The molecule has 2 aromatic heterocycles. The summed E-state index contributed by atoms with van der Waals surface area (Å²) < 4.78 is 10.6. The van der Waals surface area contributed by atoms with E-state index in [-0.39, 0.29) is 0 Å². The van der Waals surface area contributed by atoms with E-state index in [2.05, 4.69) is 45.2 Å². The standard InChI is InChI=1S/C15H16N2O2.C14H15N3O2/c1-10-8-15(19-16)13-9-12(2-3-14(13)17-10)11-4-6-18-7-5-11;15-19-13-3-4-16-12-2-1-10(5-11(12)13)17-6-14(7-17)8-18-9-14/h2-4,8-9H,5-7,16H2,1H3;1-5H,6-9,15H2. The zero-order valence-corrected chi connectivity index (χ0v) is 21.4. The normalized spacial score (nSPS) is 17.8. The Kier molecular flexibility index (Phi) is 6.59. The van der Waals surface area contributed by atoms with Gasteiger partial charge >= 0.3 is 0 Å². The van der Waals surface area contributed by atoms with E-state index in [1.54, 1.807) is 12.3 Å². The van der Waals surface area contributed by atoms with Crippen molar-refractivity contribution in [3.8, 4) is 11.5 Å². The van der Waals surface area contributed by atoms with Crippen LogP contribution in [0.3, 0.4) is 0 Å². The van der Waals surface area contributed by atoms with E-state index >= 15 is 0 Å². The van der Waals surface area contributed by atoms with Gasteiger partial charge in [-0.1, -0.05) is 12.1 Å². The first-order valence-corrected chi connectivity index (χ1v) is 12.7. The molecule has 0 atom stereocenters. The molecule has 4 N–H and O–H groups in total. The van der Waals surface area contributed by atoms with Crippen LogP contribution < -0.4 is 26.4 Å². The summed E-state index contributed by atoms with van der Waals surface area (Å²) in [5.41, 5.74) is 6.78. The number of fused-ring (bicyclic) bond motifs is 2. The van der Waals surface area contributed by atoms with Crippen molar-refractivity contribution in [2.24, 2.45) is 17.2 Å². The number of aromatic nitrogens is 2. The molecule has 196 valence electrons. The van der Waals surface area contributed by atoms with Crippen molar-refractivity contribution in [1.29, 1.82) is 0 Å². The van der Waals surface area contributed by atoms with E-state index in [9.17, 15) is 0 Å². The van der Waals surface area contributed by atoms with Crippen molar-refractivity contribution in [2.45, 2.75) is 13.3 Å². The zero-order valence-electron chi connectivity index (χ0n) is 21.4. The summed E-state index contributed by atoms with van der Waals surface area (Å²) in [6, 6.07) is 16.0. The minimum Gasteiger partial charge on any atom is -0.411 e. The van der Waals surface area contributed by atoms with Crippen molar-refractivity contribution < 1.29 is 19.1 Å². The molecule has 0 radical (unpaired) electrons. The van der Waals surface area contributed by atoms with E-state index < -0.39 is 0 Å². The maximum Gasteiger partial charge on any atom is 0.158 e. The highest BCUT2D eigenvalue weighted by Gasteiger charge is 2.49. The van der Waals surface area contributed by atoms with Crippen LogP contribution in [0.5, 0.6) is 11.5 Å². The maximum absolute atomic E-state index is 5.35. The fourth-order valence-corrected chi connectivity index (χ4v) is 5.33. The van der Waals surface area contributed by atoms with Gasteiger partial charge in [0.1, 0.15) is 0 Å². The molecule has 9 nitrogen and oxygen atoms in total. The molecule has 3 aliphatic heterocycles. The number of pyridine rings is 2. The van der Waals surface area contributed by atoms with E-state index in [1.807, 2.05) is 25.1 Å². The lowest BCUT2D eigenvalue weighted by Gasteiger charge is -2.56. The number of rotatable bonds is 4. The van der Waals surface area contributed by atoms with Gasteiger partial charge in [0.2, 0.25) is 0 Å². The van der Waals surface area contributed by atoms with Crippen LogP contribution in [0.2, 0.25) is 0 Å². The molecular formula is C29H31N5O4. The van der Waals surface area contributed by atoms with Gasteiger partial charge in [0.15, 0.2) is 11.5 Å². The van der Waals surface area contributed by atoms with Gasteiger partial charge in [-0.2, -0.15) is 11.8 Å². The van der Waals surface area contributed by atoms with E-state index in [4.69, 9.17) is 30.9 Å². The molecule has 9 heteroatoms. The third kappa shape index (κ3) is 4.65. The molecule has 2 saturated heterocycles. The number of anilines is 1. The molecule has 5 heterocycles. The molecule has 0 saturated carbocycles. The lowest BCUT2D eigenvalue weighted by Crippen LogP contribution is -2.66. The molecule has 3 aliphatic rings. The molecule has 4 aromatic rings. The smallest absolute Gasteiger partial charge is 0.158 e. The van der Waals surface area contributed by atoms with E-state index in [0.29, 0.717) is 23.5 Å². The topological polar surface area (TPSA) is 118 Å². The number of hydrogen-bond acceptors (Lipinski definition) is 9. The molecule has 1 spiro atoms. The number of nitrogens with two attached hydrogens (primary N) is 2. The SMILES string of the molecule is Cc1cc(ON)c2cc(C3=CCOCC3)ccc2n1.NOc1ccnc2ccc(N3CC4(COC4)C3)cc12. The van der Waals surface area contributed by atoms with E-state index in [1.165, 1.54) is 16.8 Å². The third-order valence-corrected chi connectivity index (χ3v) is 7.41. The minimum atomic E-state index is 0.414. The Morgan fingerprint density at radius 3 is 2.39 bits per heavy atom. The van der Waals surface area contributed by atoms with Gasteiger partial charge in [0.05, 0.1) is 42.9 Å². The van der Waals surface area contributed by atoms with Crippen LogP contribution in [-0.2, 0) is 9.47 Å². The van der Waals surface area contributed by atoms with Crippen molar-refractivity contribution in [1.82, 2.24) is 9.97 Å². The summed E-state index contributed by atoms with van der Waals surface area (Å²) in [4.78, 5) is 21.0. The second-order valence-electron chi connectivity index (χ2n) is 10.1. The average molecular weight is 514 g/mol. The fourth-order valence-electron chi connectivity index (χ4n) is 5.33. The van der Waals surface area contributed by atoms with Gasteiger partial charge < -0.3 is 24.0 Å². The van der Waals surface area contributed by atoms with Gasteiger partial charge in [0, 0.05) is 53.6 Å². The summed E-state index contributed by atoms with van der Waals surface area (Å²) in [5, 5.41) is 1.89. The summed E-state index contributed by atoms with van der Waals surface area (Å²) in [7, 11) is 0. The van der Waals surface area contributed by atoms with Gasteiger partial charge in [0.25, 0.3) is 0 Å². The Labute approximate surface area is 220 Å². The number of nitrogens with zero attached hydrogens (tertiary/aromatic N) is 3. The molecule has 7 rings (SSSR count). The van der Waals surface area contributed by atoms with Crippen molar-refractivity contribution in [2.75, 3.05) is 44.4 Å². The van der Waals surface area contributed by atoms with Crippen molar-refractivity contribution in [3.05, 3.63) is 72.1 Å². The number of ether oxygens (including phenoxy) is 2. The predicted molar refractivity (Wildman–Crippen MR) is 147 cm³/mol. The monoisotopic (exact) mass is 513 g/mol. The molecule has 0 bridgehead atoms. The summed E-state index contributed by atoms with van der Waals surface area (Å²) in [5.74, 6) is 12.0. The van der Waals surface area contributed by atoms with Crippen LogP contribution >= 0.6 is 0 Å². The van der Waals surface area contributed by atoms with E-state index in [0.717, 1.165) is 66.8 Å². The molecule has 2 fully saturated rings. The average Bonchev–Trinajstić information content (AvgIpc) is 2.91. The first-order chi connectivity index (χ1) is 18.6. The van der Waals surface area contributed by atoms with Crippen molar-refractivity contribution >= 4 is 33.1 Å². The molecule has 2 aromatic carbocycles. The van der Waals surface area contributed by atoms with Gasteiger partial charge in [-0.05, 0) is 54.8 Å². The first-order valence-electron chi connectivity index (χ1n) is 12.7. The highest BCUT2D eigenvalue weighted by molar-refractivity contribution is 5.89. The first kappa shape index (κ1) is 24.6. The van der Waals surface area contributed by atoms with Crippen LogP contribution in [0, 0.1) is 12.3 Å². The summed E-state index contributed by atoms with van der Waals surface area (Å²) in [6.45, 7) is 7.31. The van der Waals surface area contributed by atoms with Crippen LogP contribution in [-0.4, -0.2) is 49.5 Å².